The Balaban J connectivity index is 2.41. The zero-order valence-corrected chi connectivity index (χ0v) is 41.5. The van der Waals surface area contributed by atoms with Crippen molar-refractivity contribution >= 4 is 17.7 Å². The molecule has 0 radical (unpaired) electrons. The Bertz CT molecular complexity index is 1100. The van der Waals surface area contributed by atoms with E-state index in [-0.39, 0.29) is 29.9 Å². The van der Waals surface area contributed by atoms with Crippen LogP contribution in [0.5, 0.6) is 0 Å². The average molecular weight is 876 g/mol. The predicted molar refractivity (Wildman–Crippen MR) is 260 cm³/mol. The molecule has 62 heavy (non-hydrogen) atoms. The highest BCUT2D eigenvalue weighted by atomic mass is 16.5. The van der Waals surface area contributed by atoms with Crippen LogP contribution in [0.15, 0.2) is 11.4 Å². The van der Waals surface area contributed by atoms with Gasteiger partial charge in [-0.2, -0.15) is 0 Å². The topological polar surface area (TPSA) is 117 Å². The minimum absolute atomic E-state index is 0.00724. The number of aliphatic hydroxyl groups excluding tert-OH is 1. The van der Waals surface area contributed by atoms with Crippen molar-refractivity contribution in [2.24, 2.45) is 0 Å². The van der Waals surface area contributed by atoms with Crippen LogP contribution in [0.3, 0.4) is 0 Å². The molecule has 1 rings (SSSR count). The number of esters is 2. The molecule has 3 N–H and O–H groups in total. The first-order valence-electron chi connectivity index (χ1n) is 26.8. The van der Waals surface area contributed by atoms with Gasteiger partial charge in [0.2, 0.25) is 5.78 Å². The van der Waals surface area contributed by atoms with Crippen LogP contribution < -0.4 is 10.6 Å². The molecule has 0 saturated carbocycles. The van der Waals surface area contributed by atoms with Crippen molar-refractivity contribution in [2.45, 2.75) is 277 Å². The molecule has 364 valence electrons. The van der Waals surface area contributed by atoms with Gasteiger partial charge in [-0.05, 0) is 103 Å². The summed E-state index contributed by atoms with van der Waals surface area (Å²) in [6.07, 6.45) is 40.0. The van der Waals surface area contributed by atoms with Crippen molar-refractivity contribution in [2.75, 3.05) is 33.2 Å². The minimum Gasteiger partial charge on any atom is -0.462 e. The second kappa shape index (κ2) is 41.6. The third kappa shape index (κ3) is 30.9. The Kier molecular flexibility index (Phi) is 38.8. The fraction of sp³-hybridized carbons (Fsp3) is 0.906. The second-order valence-electron chi connectivity index (χ2n) is 18.6. The Morgan fingerprint density at radius 3 is 1.34 bits per heavy atom. The average Bonchev–Trinajstić information content (AvgIpc) is 3.27. The third-order valence-electron chi connectivity index (χ3n) is 12.9. The van der Waals surface area contributed by atoms with Gasteiger partial charge in [0.15, 0.2) is 6.10 Å². The molecule has 0 amide bonds. The van der Waals surface area contributed by atoms with E-state index in [0.717, 1.165) is 116 Å². The maximum Gasteiger partial charge on any atom is 0.306 e. The van der Waals surface area contributed by atoms with E-state index in [1.807, 2.05) is 0 Å². The first-order valence-corrected chi connectivity index (χ1v) is 26.8. The number of hydrogen-bond donors (Lipinski definition) is 3. The fourth-order valence-electron chi connectivity index (χ4n) is 8.74. The summed E-state index contributed by atoms with van der Waals surface area (Å²) in [6.45, 7) is 12.8. The number of rotatable bonds is 47. The van der Waals surface area contributed by atoms with Gasteiger partial charge in [0.1, 0.15) is 17.9 Å². The molecule has 0 aromatic heterocycles. The molecule has 2 atom stereocenters. The van der Waals surface area contributed by atoms with Crippen LogP contribution in [-0.4, -0.2) is 79.3 Å². The minimum atomic E-state index is -1.01. The summed E-state index contributed by atoms with van der Waals surface area (Å²) in [5.41, 5.74) is 1.12. The van der Waals surface area contributed by atoms with Crippen LogP contribution >= 0.6 is 0 Å². The molecule has 0 saturated heterocycles. The van der Waals surface area contributed by atoms with Gasteiger partial charge in [0.05, 0.1) is 5.70 Å². The monoisotopic (exact) mass is 876 g/mol. The lowest BCUT2D eigenvalue weighted by atomic mass is 9.95. The van der Waals surface area contributed by atoms with E-state index in [1.165, 1.54) is 122 Å². The van der Waals surface area contributed by atoms with E-state index in [4.69, 9.17) is 9.47 Å². The fourth-order valence-corrected chi connectivity index (χ4v) is 8.74. The lowest BCUT2D eigenvalue weighted by Crippen LogP contribution is -2.47. The van der Waals surface area contributed by atoms with Gasteiger partial charge in [0, 0.05) is 26.4 Å². The molecule has 9 nitrogen and oxygen atoms in total. The third-order valence-corrected chi connectivity index (χ3v) is 12.9. The summed E-state index contributed by atoms with van der Waals surface area (Å²) < 4.78 is 11.9. The van der Waals surface area contributed by atoms with E-state index in [9.17, 15) is 19.5 Å². The number of Topliss-reactive ketones (excluding diaryl/α,β-unsaturated/α-hetero) is 1. The lowest BCUT2D eigenvalue weighted by molar-refractivity contribution is -0.150. The molecular weight excluding hydrogens is 775 g/mol. The highest BCUT2D eigenvalue weighted by Gasteiger charge is 2.37. The van der Waals surface area contributed by atoms with Gasteiger partial charge in [0.25, 0.3) is 0 Å². The number of carbonyl (C=O) groups is 3. The summed E-state index contributed by atoms with van der Waals surface area (Å²) in [7, 11) is 1.73. The number of hydrogen-bond acceptors (Lipinski definition) is 9. The Hall–Kier alpha value is -2.13. The summed E-state index contributed by atoms with van der Waals surface area (Å²) >= 11 is 0. The Morgan fingerprint density at radius 1 is 0.532 bits per heavy atom. The van der Waals surface area contributed by atoms with E-state index in [2.05, 4.69) is 43.2 Å². The summed E-state index contributed by atoms with van der Waals surface area (Å²) in [4.78, 5) is 40.0. The van der Waals surface area contributed by atoms with Crippen molar-refractivity contribution in [3.05, 3.63) is 11.4 Å². The SMILES string of the molecule is CCCCCCCCC(CC)OC(=O)CCCCCCCN(CCCCCCCC(=O)OC(CCCCCCCC)CCCCCCCC)CCCCNC1=C(NC)C(O)C1=O. The van der Waals surface area contributed by atoms with Gasteiger partial charge < -0.3 is 30.1 Å². The molecule has 0 spiro atoms. The van der Waals surface area contributed by atoms with E-state index >= 15 is 0 Å². The van der Waals surface area contributed by atoms with E-state index < -0.39 is 6.10 Å². The molecule has 0 aromatic carbocycles. The predicted octanol–water partition coefficient (Wildman–Crippen LogP) is 13.2. The first-order chi connectivity index (χ1) is 30.3. The van der Waals surface area contributed by atoms with Gasteiger partial charge in [-0.15, -0.1) is 0 Å². The molecule has 0 aromatic rings. The van der Waals surface area contributed by atoms with Crippen molar-refractivity contribution in [1.82, 2.24) is 15.5 Å². The molecule has 0 bridgehead atoms. The number of nitrogens with zero attached hydrogens (tertiary/aromatic N) is 1. The number of aliphatic hydroxyl groups is 1. The zero-order valence-electron chi connectivity index (χ0n) is 41.5. The summed E-state index contributed by atoms with van der Waals surface area (Å²) in [6, 6.07) is 0. The number of ether oxygens (including phenoxy) is 2. The van der Waals surface area contributed by atoms with E-state index in [1.54, 1.807) is 7.05 Å². The Morgan fingerprint density at radius 2 is 0.903 bits per heavy atom. The van der Waals surface area contributed by atoms with Crippen molar-refractivity contribution in [3.63, 3.8) is 0 Å². The lowest BCUT2D eigenvalue weighted by Gasteiger charge is -2.28. The standard InChI is InChI=1S/C53H101N3O6/c1-6-10-13-16-21-28-37-46(9-4)61-48(57)40-31-24-19-26-34-43-56(45-36-33-42-55-51-50(54-5)52(59)53(51)60)44-35-27-20-25-32-41-49(58)62-47(38-29-22-17-14-11-7-2)39-30-23-18-15-12-8-3/h46-47,52,54-55,59H,6-45H2,1-5H3. The van der Waals surface area contributed by atoms with Crippen LogP contribution in [0.1, 0.15) is 259 Å². The van der Waals surface area contributed by atoms with Gasteiger partial charge in [-0.25, -0.2) is 0 Å². The number of ketones is 1. The van der Waals surface area contributed by atoms with Crippen LogP contribution in [0.4, 0.5) is 0 Å². The molecule has 9 heteroatoms. The molecule has 1 aliphatic carbocycles. The van der Waals surface area contributed by atoms with Crippen molar-refractivity contribution in [3.8, 4) is 0 Å². The van der Waals surface area contributed by atoms with Gasteiger partial charge in [-0.3, -0.25) is 14.4 Å². The zero-order chi connectivity index (χ0) is 45.3. The largest absolute Gasteiger partial charge is 0.462 e. The van der Waals surface area contributed by atoms with Crippen LogP contribution in [-0.2, 0) is 23.9 Å². The molecule has 0 aliphatic heterocycles. The van der Waals surface area contributed by atoms with Crippen molar-refractivity contribution in [1.29, 1.82) is 0 Å². The summed E-state index contributed by atoms with van der Waals surface area (Å²) in [5, 5.41) is 16.0. The number of likely N-dealkylation sites (N-methyl/N-ethyl adjacent to an activating group) is 1. The van der Waals surface area contributed by atoms with Crippen LogP contribution in [0, 0.1) is 0 Å². The maximum absolute atomic E-state index is 12.9. The quantitative estimate of drug-likeness (QED) is 0.0406. The number of unbranched alkanes of at least 4 members (excludes halogenated alkanes) is 24. The second-order valence-corrected chi connectivity index (χ2v) is 18.6. The van der Waals surface area contributed by atoms with Crippen LogP contribution in [0.2, 0.25) is 0 Å². The number of carbonyl (C=O) groups excluding carboxylic acids is 3. The van der Waals surface area contributed by atoms with Gasteiger partial charge >= 0.3 is 11.9 Å². The molecule has 0 heterocycles. The molecule has 1 aliphatic rings. The van der Waals surface area contributed by atoms with Crippen molar-refractivity contribution < 1.29 is 29.0 Å². The number of nitrogens with one attached hydrogen (secondary N) is 2. The van der Waals surface area contributed by atoms with E-state index in [0.29, 0.717) is 30.8 Å². The first kappa shape index (κ1) is 57.9. The molecular formula is C53H101N3O6. The van der Waals surface area contributed by atoms with Crippen LogP contribution in [0.25, 0.3) is 0 Å². The van der Waals surface area contributed by atoms with Gasteiger partial charge in [-0.1, -0.05) is 163 Å². The highest BCUT2D eigenvalue weighted by molar-refractivity contribution is 6.07. The molecule has 2 unspecified atom stereocenters. The highest BCUT2D eigenvalue weighted by Crippen LogP contribution is 2.21. The normalized spacial score (nSPS) is 14.5. The summed E-state index contributed by atoms with van der Waals surface area (Å²) in [5.74, 6) is -0.242. The molecule has 0 fully saturated rings. The Labute approximate surface area is 382 Å². The smallest absolute Gasteiger partial charge is 0.306 e. The maximum atomic E-state index is 12.9.